The molecule has 2 aromatic rings. The van der Waals surface area contributed by atoms with Crippen LogP contribution in [0.4, 0.5) is 0 Å². The van der Waals surface area contributed by atoms with Crippen molar-refractivity contribution >= 4 is 10.8 Å². The monoisotopic (exact) mass is 251 g/mol. The van der Waals surface area contributed by atoms with E-state index in [4.69, 9.17) is 5.73 Å². The number of fused-ring (bicyclic) bond motifs is 1. The average Bonchev–Trinajstić information content (AvgIpc) is 2.48. The molecule has 0 heterocycles. The highest BCUT2D eigenvalue weighted by atomic mass is 14.6. The van der Waals surface area contributed by atoms with Gasteiger partial charge in [-0.1, -0.05) is 54.1 Å². The first-order valence-corrected chi connectivity index (χ1v) is 7.26. The van der Waals surface area contributed by atoms with Crippen molar-refractivity contribution in [1.82, 2.24) is 0 Å². The molecule has 1 aliphatic rings. The third kappa shape index (κ3) is 2.71. The Labute approximate surface area is 115 Å². The predicted molar refractivity (Wildman–Crippen MR) is 82.2 cm³/mol. The van der Waals surface area contributed by atoms with Crippen LogP contribution in [-0.2, 0) is 6.42 Å². The van der Waals surface area contributed by atoms with Crippen LogP contribution in [0.15, 0.2) is 54.1 Å². The smallest absolute Gasteiger partial charge is 0.0294 e. The molecule has 1 unspecified atom stereocenters. The normalized spacial score (nSPS) is 17.2. The van der Waals surface area contributed by atoms with Gasteiger partial charge in [-0.15, -0.1) is 0 Å². The van der Waals surface area contributed by atoms with Crippen molar-refractivity contribution in [3.8, 4) is 0 Å². The second-order valence-electron chi connectivity index (χ2n) is 5.47. The zero-order valence-corrected chi connectivity index (χ0v) is 11.3. The molecule has 0 saturated carbocycles. The molecule has 2 N–H and O–H groups in total. The van der Waals surface area contributed by atoms with Gasteiger partial charge in [-0.05, 0) is 48.4 Å². The Morgan fingerprint density at radius 2 is 1.84 bits per heavy atom. The Morgan fingerprint density at radius 1 is 1.00 bits per heavy atom. The molecule has 3 rings (SSSR count). The minimum Gasteiger partial charge on any atom is -0.324 e. The molecule has 1 atom stereocenters. The van der Waals surface area contributed by atoms with Crippen LogP contribution in [0.1, 0.15) is 31.2 Å². The zero-order valence-electron chi connectivity index (χ0n) is 11.3. The second kappa shape index (κ2) is 5.58. The molecule has 2 aromatic carbocycles. The first kappa shape index (κ1) is 12.4. The Kier molecular flexibility index (Phi) is 3.65. The van der Waals surface area contributed by atoms with Gasteiger partial charge < -0.3 is 5.73 Å². The van der Waals surface area contributed by atoms with E-state index in [9.17, 15) is 0 Å². The van der Waals surface area contributed by atoms with Gasteiger partial charge in [-0.3, -0.25) is 0 Å². The molecule has 1 nitrogen and oxygen atoms in total. The first-order chi connectivity index (χ1) is 9.34. The maximum atomic E-state index is 6.40. The molecule has 0 bridgehead atoms. The summed E-state index contributed by atoms with van der Waals surface area (Å²) in [5, 5.41) is 2.65. The van der Waals surface area contributed by atoms with Gasteiger partial charge in [0.25, 0.3) is 0 Å². The molecule has 0 spiro atoms. The van der Waals surface area contributed by atoms with Gasteiger partial charge in [0.1, 0.15) is 0 Å². The summed E-state index contributed by atoms with van der Waals surface area (Å²) in [4.78, 5) is 0. The lowest BCUT2D eigenvalue weighted by Gasteiger charge is -2.20. The quantitative estimate of drug-likeness (QED) is 0.812. The van der Waals surface area contributed by atoms with Crippen LogP contribution in [0.5, 0.6) is 0 Å². The van der Waals surface area contributed by atoms with E-state index in [1.54, 1.807) is 0 Å². The fourth-order valence-corrected chi connectivity index (χ4v) is 3.04. The Morgan fingerprint density at radius 3 is 2.68 bits per heavy atom. The number of hydrogen-bond acceptors (Lipinski definition) is 1. The molecule has 0 amide bonds. The van der Waals surface area contributed by atoms with E-state index >= 15 is 0 Å². The minimum atomic E-state index is 0.186. The lowest BCUT2D eigenvalue weighted by Crippen LogP contribution is -2.26. The van der Waals surface area contributed by atoms with E-state index in [-0.39, 0.29) is 6.04 Å². The molecule has 19 heavy (non-hydrogen) atoms. The van der Waals surface area contributed by atoms with Crippen LogP contribution in [-0.4, -0.2) is 6.04 Å². The number of hydrogen-bond donors (Lipinski definition) is 1. The molecule has 0 aliphatic heterocycles. The Hall–Kier alpha value is -1.60. The number of allylic oxidation sites excluding steroid dienone is 1. The van der Waals surface area contributed by atoms with Gasteiger partial charge in [0, 0.05) is 6.04 Å². The van der Waals surface area contributed by atoms with Crippen LogP contribution < -0.4 is 5.73 Å². The largest absolute Gasteiger partial charge is 0.324 e. The fraction of sp³-hybridized carbons (Fsp3) is 0.333. The third-order valence-electron chi connectivity index (χ3n) is 4.12. The van der Waals surface area contributed by atoms with Gasteiger partial charge in [-0.2, -0.15) is 0 Å². The van der Waals surface area contributed by atoms with Gasteiger partial charge in [-0.25, -0.2) is 0 Å². The Balaban J connectivity index is 1.87. The SMILES string of the molecule is NC(Cc1cccc2ccccc12)C1=CCCCC1. The molecule has 0 radical (unpaired) electrons. The molecule has 1 heteroatoms. The van der Waals surface area contributed by atoms with Crippen molar-refractivity contribution in [2.75, 3.05) is 0 Å². The van der Waals surface area contributed by atoms with E-state index in [1.165, 1.54) is 47.6 Å². The van der Waals surface area contributed by atoms with Crippen molar-refractivity contribution in [2.24, 2.45) is 5.73 Å². The van der Waals surface area contributed by atoms with E-state index in [0.29, 0.717) is 0 Å². The maximum absolute atomic E-state index is 6.40. The summed E-state index contributed by atoms with van der Waals surface area (Å²) < 4.78 is 0. The predicted octanol–water partition coefficient (Wildman–Crippen LogP) is 4.21. The van der Waals surface area contributed by atoms with E-state index in [2.05, 4.69) is 48.5 Å². The number of benzene rings is 2. The summed E-state index contributed by atoms with van der Waals surface area (Å²) in [5.41, 5.74) is 9.23. The van der Waals surface area contributed by atoms with Crippen LogP contribution in [0.2, 0.25) is 0 Å². The fourth-order valence-electron chi connectivity index (χ4n) is 3.04. The molecule has 0 aromatic heterocycles. The highest BCUT2D eigenvalue weighted by molar-refractivity contribution is 5.85. The minimum absolute atomic E-state index is 0.186. The lowest BCUT2D eigenvalue weighted by molar-refractivity contribution is 0.631. The van der Waals surface area contributed by atoms with Gasteiger partial charge in [0.2, 0.25) is 0 Å². The number of rotatable bonds is 3. The Bertz CT molecular complexity index is 592. The molecular formula is C18H21N. The molecule has 98 valence electrons. The molecule has 1 aliphatic carbocycles. The highest BCUT2D eigenvalue weighted by Gasteiger charge is 2.13. The third-order valence-corrected chi connectivity index (χ3v) is 4.12. The molecule has 0 fully saturated rings. The lowest BCUT2D eigenvalue weighted by atomic mass is 9.89. The maximum Gasteiger partial charge on any atom is 0.0294 e. The zero-order chi connectivity index (χ0) is 13.1. The van der Waals surface area contributed by atoms with Crippen molar-refractivity contribution in [2.45, 2.75) is 38.1 Å². The van der Waals surface area contributed by atoms with E-state index in [1.807, 2.05) is 0 Å². The van der Waals surface area contributed by atoms with E-state index in [0.717, 1.165) is 6.42 Å². The standard InChI is InChI=1S/C18H21N/c19-18(15-8-2-1-3-9-15)13-16-11-6-10-14-7-4-5-12-17(14)16/h4-8,10-12,18H,1-3,9,13,19H2. The van der Waals surface area contributed by atoms with Crippen molar-refractivity contribution in [3.63, 3.8) is 0 Å². The van der Waals surface area contributed by atoms with Gasteiger partial charge in [0.05, 0.1) is 0 Å². The molecular weight excluding hydrogens is 230 g/mol. The summed E-state index contributed by atoms with van der Waals surface area (Å²) in [7, 11) is 0. The van der Waals surface area contributed by atoms with Crippen molar-refractivity contribution < 1.29 is 0 Å². The molecule has 0 saturated heterocycles. The van der Waals surface area contributed by atoms with Crippen molar-refractivity contribution in [1.29, 1.82) is 0 Å². The second-order valence-corrected chi connectivity index (χ2v) is 5.47. The van der Waals surface area contributed by atoms with Crippen LogP contribution >= 0.6 is 0 Å². The van der Waals surface area contributed by atoms with Crippen LogP contribution in [0.25, 0.3) is 10.8 Å². The summed E-state index contributed by atoms with van der Waals surface area (Å²) in [6.45, 7) is 0. The van der Waals surface area contributed by atoms with Gasteiger partial charge >= 0.3 is 0 Å². The summed E-state index contributed by atoms with van der Waals surface area (Å²) in [5.74, 6) is 0. The average molecular weight is 251 g/mol. The van der Waals surface area contributed by atoms with Crippen LogP contribution in [0, 0.1) is 0 Å². The van der Waals surface area contributed by atoms with Gasteiger partial charge in [0.15, 0.2) is 0 Å². The summed E-state index contributed by atoms with van der Waals surface area (Å²) in [6, 6.07) is 15.3. The highest BCUT2D eigenvalue weighted by Crippen LogP contribution is 2.24. The van der Waals surface area contributed by atoms with Crippen LogP contribution in [0.3, 0.4) is 0 Å². The number of nitrogens with two attached hydrogens (primary N) is 1. The topological polar surface area (TPSA) is 26.0 Å². The summed E-state index contributed by atoms with van der Waals surface area (Å²) >= 11 is 0. The van der Waals surface area contributed by atoms with Crippen molar-refractivity contribution in [3.05, 3.63) is 59.7 Å². The summed E-state index contributed by atoms with van der Waals surface area (Å²) in [6.07, 6.45) is 8.33. The van der Waals surface area contributed by atoms with E-state index < -0.39 is 0 Å². The first-order valence-electron chi connectivity index (χ1n) is 7.26.